The molecule has 5 nitrogen and oxygen atoms in total. The number of benzene rings is 1. The fraction of sp³-hybridized carbons (Fsp3) is 0.350. The summed E-state index contributed by atoms with van der Waals surface area (Å²) < 4.78 is 5.27. The number of hydrogen-bond donors (Lipinski definition) is 1. The number of nitrogens with one attached hydrogen (secondary N) is 1. The number of aryl methyl sites for hydroxylation is 1. The largest absolute Gasteiger partial charge is 0.497 e. The SMILES string of the molecule is CCc1nc(C(C)CC)c(-c2ccnc(Nc3cccc(OC)c3)n2)s1. The first-order valence-corrected chi connectivity index (χ1v) is 9.70. The molecule has 2 aromatic heterocycles. The van der Waals surface area contributed by atoms with Crippen LogP contribution in [0, 0.1) is 0 Å². The van der Waals surface area contributed by atoms with E-state index in [4.69, 9.17) is 14.7 Å². The van der Waals surface area contributed by atoms with Crippen LogP contribution in [-0.4, -0.2) is 22.1 Å². The molecule has 0 aliphatic rings. The maximum absolute atomic E-state index is 5.27. The summed E-state index contributed by atoms with van der Waals surface area (Å²) in [6, 6.07) is 9.68. The number of methoxy groups -OCH3 is 1. The molecule has 1 atom stereocenters. The van der Waals surface area contributed by atoms with Crippen molar-refractivity contribution in [2.45, 2.75) is 39.5 Å². The number of rotatable bonds is 7. The first-order valence-electron chi connectivity index (χ1n) is 8.88. The van der Waals surface area contributed by atoms with E-state index in [1.807, 2.05) is 30.3 Å². The molecule has 0 fully saturated rings. The Balaban J connectivity index is 1.93. The van der Waals surface area contributed by atoms with E-state index >= 15 is 0 Å². The molecule has 1 N–H and O–H groups in total. The summed E-state index contributed by atoms with van der Waals surface area (Å²) >= 11 is 1.73. The lowest BCUT2D eigenvalue weighted by atomic mass is 10.0. The molecule has 0 aliphatic carbocycles. The van der Waals surface area contributed by atoms with Gasteiger partial charge in [-0.25, -0.2) is 15.0 Å². The van der Waals surface area contributed by atoms with Gasteiger partial charge in [0.05, 0.1) is 28.4 Å². The van der Waals surface area contributed by atoms with E-state index in [-0.39, 0.29) is 0 Å². The van der Waals surface area contributed by atoms with Gasteiger partial charge in [0.2, 0.25) is 5.95 Å². The Hall–Kier alpha value is -2.47. The van der Waals surface area contributed by atoms with Crippen LogP contribution >= 0.6 is 11.3 Å². The average molecular weight is 369 g/mol. The van der Waals surface area contributed by atoms with Gasteiger partial charge in [0, 0.05) is 18.0 Å². The Morgan fingerprint density at radius 1 is 1.19 bits per heavy atom. The highest BCUT2D eigenvalue weighted by molar-refractivity contribution is 7.15. The van der Waals surface area contributed by atoms with Gasteiger partial charge in [0.15, 0.2) is 0 Å². The lowest BCUT2D eigenvalue weighted by Crippen LogP contribution is -2.00. The fourth-order valence-electron chi connectivity index (χ4n) is 2.62. The van der Waals surface area contributed by atoms with Crippen LogP contribution in [0.3, 0.4) is 0 Å². The minimum atomic E-state index is 0.409. The molecule has 6 heteroatoms. The van der Waals surface area contributed by atoms with Gasteiger partial charge in [0.25, 0.3) is 0 Å². The second kappa shape index (κ2) is 8.27. The molecule has 0 saturated heterocycles. The number of aromatic nitrogens is 3. The number of thiazole rings is 1. The zero-order chi connectivity index (χ0) is 18.5. The molecule has 1 aromatic carbocycles. The van der Waals surface area contributed by atoms with Crippen LogP contribution in [-0.2, 0) is 6.42 Å². The molecule has 0 bridgehead atoms. The van der Waals surface area contributed by atoms with Gasteiger partial charge >= 0.3 is 0 Å². The van der Waals surface area contributed by atoms with Gasteiger partial charge < -0.3 is 10.1 Å². The van der Waals surface area contributed by atoms with Gasteiger partial charge in [-0.15, -0.1) is 11.3 Å². The van der Waals surface area contributed by atoms with Gasteiger partial charge in [-0.2, -0.15) is 0 Å². The van der Waals surface area contributed by atoms with Crippen LogP contribution < -0.4 is 10.1 Å². The van der Waals surface area contributed by atoms with Gasteiger partial charge in [-0.3, -0.25) is 0 Å². The molecule has 2 heterocycles. The second-order valence-corrected chi connectivity index (χ2v) is 7.19. The van der Waals surface area contributed by atoms with Crippen molar-refractivity contribution in [3.8, 4) is 16.3 Å². The highest BCUT2D eigenvalue weighted by Gasteiger charge is 2.18. The molecular weight excluding hydrogens is 344 g/mol. The molecule has 0 aliphatic heterocycles. The summed E-state index contributed by atoms with van der Waals surface area (Å²) in [5.41, 5.74) is 2.94. The van der Waals surface area contributed by atoms with E-state index in [0.29, 0.717) is 11.9 Å². The van der Waals surface area contributed by atoms with Crippen molar-refractivity contribution in [1.82, 2.24) is 15.0 Å². The summed E-state index contributed by atoms with van der Waals surface area (Å²) in [5, 5.41) is 4.40. The molecule has 26 heavy (non-hydrogen) atoms. The van der Waals surface area contributed by atoms with Crippen molar-refractivity contribution in [2.24, 2.45) is 0 Å². The van der Waals surface area contributed by atoms with Crippen LogP contribution in [0.15, 0.2) is 36.5 Å². The van der Waals surface area contributed by atoms with Gasteiger partial charge in [-0.1, -0.05) is 26.8 Å². The molecule has 3 rings (SSSR count). The zero-order valence-electron chi connectivity index (χ0n) is 15.6. The van der Waals surface area contributed by atoms with Crippen molar-refractivity contribution < 1.29 is 4.74 Å². The monoisotopic (exact) mass is 368 g/mol. The summed E-state index contributed by atoms with van der Waals surface area (Å²) in [4.78, 5) is 15.1. The van der Waals surface area contributed by atoms with Crippen LogP contribution in [0.5, 0.6) is 5.75 Å². The molecule has 3 aromatic rings. The molecule has 1 unspecified atom stereocenters. The maximum Gasteiger partial charge on any atom is 0.227 e. The quantitative estimate of drug-likeness (QED) is 0.603. The first-order chi connectivity index (χ1) is 12.6. The molecule has 0 radical (unpaired) electrons. The number of ether oxygens (including phenoxy) is 1. The van der Waals surface area contributed by atoms with E-state index in [1.165, 1.54) is 0 Å². The molecule has 0 saturated carbocycles. The summed E-state index contributed by atoms with van der Waals surface area (Å²) in [5.74, 6) is 1.77. The third-order valence-corrected chi connectivity index (χ3v) is 5.53. The Labute approximate surface area is 158 Å². The smallest absolute Gasteiger partial charge is 0.227 e. The normalized spacial score (nSPS) is 12.0. The highest BCUT2D eigenvalue weighted by atomic mass is 32.1. The minimum Gasteiger partial charge on any atom is -0.497 e. The predicted molar refractivity (Wildman–Crippen MR) is 108 cm³/mol. The fourth-order valence-corrected chi connectivity index (χ4v) is 3.71. The van der Waals surface area contributed by atoms with Crippen LogP contribution in [0.2, 0.25) is 0 Å². The summed E-state index contributed by atoms with van der Waals surface area (Å²) in [7, 11) is 1.65. The molecule has 0 amide bonds. The number of nitrogens with zero attached hydrogens (tertiary/aromatic N) is 3. The van der Waals surface area contributed by atoms with E-state index in [0.717, 1.165) is 45.6 Å². The highest BCUT2D eigenvalue weighted by Crippen LogP contribution is 2.35. The number of hydrogen-bond acceptors (Lipinski definition) is 6. The van der Waals surface area contributed by atoms with Crippen molar-refractivity contribution in [3.63, 3.8) is 0 Å². The molecular formula is C20H24N4OS. The third kappa shape index (κ3) is 4.02. The maximum atomic E-state index is 5.27. The van der Waals surface area contributed by atoms with Crippen molar-refractivity contribution >= 4 is 23.0 Å². The first kappa shape index (κ1) is 18.3. The zero-order valence-corrected chi connectivity index (χ0v) is 16.4. The van der Waals surface area contributed by atoms with Gasteiger partial charge in [0.1, 0.15) is 5.75 Å². The van der Waals surface area contributed by atoms with Crippen LogP contribution in [0.25, 0.3) is 10.6 Å². The predicted octanol–water partition coefficient (Wildman–Crippen LogP) is 5.43. The summed E-state index contributed by atoms with van der Waals surface area (Å²) in [6.45, 7) is 6.54. The Morgan fingerprint density at radius 2 is 2.04 bits per heavy atom. The lowest BCUT2D eigenvalue weighted by Gasteiger charge is -2.10. The lowest BCUT2D eigenvalue weighted by molar-refractivity contribution is 0.415. The Morgan fingerprint density at radius 3 is 2.77 bits per heavy atom. The molecule has 0 spiro atoms. The van der Waals surface area contributed by atoms with E-state index in [9.17, 15) is 0 Å². The van der Waals surface area contributed by atoms with Crippen molar-refractivity contribution in [2.75, 3.05) is 12.4 Å². The third-order valence-electron chi connectivity index (χ3n) is 4.29. The van der Waals surface area contributed by atoms with Gasteiger partial charge in [-0.05, 0) is 37.0 Å². The summed E-state index contributed by atoms with van der Waals surface area (Å²) in [6.07, 6.45) is 3.78. The van der Waals surface area contributed by atoms with Crippen LogP contribution in [0.1, 0.15) is 43.8 Å². The van der Waals surface area contributed by atoms with Crippen LogP contribution in [0.4, 0.5) is 11.6 Å². The second-order valence-electron chi connectivity index (χ2n) is 6.11. The minimum absolute atomic E-state index is 0.409. The Bertz CT molecular complexity index is 878. The molecule has 136 valence electrons. The topological polar surface area (TPSA) is 59.9 Å². The van der Waals surface area contributed by atoms with Crippen molar-refractivity contribution in [1.29, 1.82) is 0 Å². The number of anilines is 2. The Kier molecular flexibility index (Phi) is 5.83. The standard InChI is InChI=1S/C20H24N4OS/c1-5-13(3)18-19(26-17(6-2)24-18)16-10-11-21-20(23-16)22-14-8-7-9-15(12-14)25-4/h7-13H,5-6H2,1-4H3,(H,21,22,23). The van der Waals surface area contributed by atoms with E-state index in [1.54, 1.807) is 24.6 Å². The van der Waals surface area contributed by atoms with E-state index < -0.39 is 0 Å². The van der Waals surface area contributed by atoms with Crippen molar-refractivity contribution in [3.05, 3.63) is 47.2 Å². The average Bonchev–Trinajstić information content (AvgIpc) is 3.12. The van der Waals surface area contributed by atoms with E-state index in [2.05, 4.69) is 31.1 Å².